The number of ether oxygens (including phenoxy) is 1. The van der Waals surface area contributed by atoms with E-state index < -0.39 is 11.6 Å². The SMILES string of the molecule is CCc1cnc(N2CCC(COc3c(F)cc(-c4cccc(CC#N)c4)cc3F)CC2)c(CC)c1. The Balaban J connectivity index is 1.38. The topological polar surface area (TPSA) is 49.2 Å². The van der Waals surface area contributed by atoms with Crippen LogP contribution >= 0.6 is 0 Å². The summed E-state index contributed by atoms with van der Waals surface area (Å²) in [5.41, 5.74) is 4.41. The lowest BCUT2D eigenvalue weighted by atomic mass is 9.97. The molecule has 0 spiro atoms. The van der Waals surface area contributed by atoms with E-state index in [-0.39, 0.29) is 24.7 Å². The molecular weight excluding hydrogens is 444 g/mol. The van der Waals surface area contributed by atoms with Gasteiger partial charge in [0, 0.05) is 19.3 Å². The Morgan fingerprint density at radius 3 is 2.40 bits per heavy atom. The molecule has 6 heteroatoms. The van der Waals surface area contributed by atoms with Crippen molar-refractivity contribution in [2.24, 2.45) is 5.92 Å². The van der Waals surface area contributed by atoms with Gasteiger partial charge in [-0.3, -0.25) is 0 Å². The monoisotopic (exact) mass is 475 g/mol. The highest BCUT2D eigenvalue weighted by atomic mass is 19.1. The molecule has 0 saturated carbocycles. The van der Waals surface area contributed by atoms with Crippen LogP contribution in [0.4, 0.5) is 14.6 Å². The van der Waals surface area contributed by atoms with Crippen molar-refractivity contribution in [1.82, 2.24) is 4.98 Å². The van der Waals surface area contributed by atoms with E-state index in [0.29, 0.717) is 11.1 Å². The number of aromatic nitrogens is 1. The van der Waals surface area contributed by atoms with E-state index in [4.69, 9.17) is 15.0 Å². The van der Waals surface area contributed by atoms with Crippen LogP contribution in [0, 0.1) is 28.9 Å². The standard InChI is InChI=1S/C29H31F2N3O/c1-3-20-14-23(4-2)29(33-18-20)34-12-9-22(10-13-34)19-35-28-26(30)16-25(17-27(28)31)24-7-5-6-21(15-24)8-11-32/h5-7,14-18,22H,3-4,8-10,12-13,19H2,1-2H3. The molecule has 0 aliphatic carbocycles. The Labute approximate surface area is 206 Å². The van der Waals surface area contributed by atoms with Crippen LogP contribution in [0.1, 0.15) is 43.4 Å². The summed E-state index contributed by atoms with van der Waals surface area (Å²) in [6.45, 7) is 6.26. The van der Waals surface area contributed by atoms with Gasteiger partial charge in [0.25, 0.3) is 0 Å². The average Bonchev–Trinajstić information content (AvgIpc) is 2.88. The number of rotatable bonds is 8. The number of piperidine rings is 1. The van der Waals surface area contributed by atoms with Crippen LogP contribution in [0.15, 0.2) is 48.7 Å². The molecule has 0 amide bonds. The predicted molar refractivity (Wildman–Crippen MR) is 135 cm³/mol. The second kappa shape index (κ2) is 11.3. The maximum Gasteiger partial charge on any atom is 0.190 e. The lowest BCUT2D eigenvalue weighted by molar-refractivity contribution is 0.207. The predicted octanol–water partition coefficient (Wildman–Crippen LogP) is 6.51. The molecule has 0 unspecified atom stereocenters. The number of nitrogens with zero attached hydrogens (tertiary/aromatic N) is 3. The highest BCUT2D eigenvalue weighted by Crippen LogP contribution is 2.31. The van der Waals surface area contributed by atoms with Crippen LogP contribution in [0.5, 0.6) is 5.75 Å². The van der Waals surface area contributed by atoms with Crippen molar-refractivity contribution >= 4 is 5.82 Å². The number of nitriles is 1. The minimum absolute atomic E-state index is 0.229. The van der Waals surface area contributed by atoms with Crippen molar-refractivity contribution in [1.29, 1.82) is 5.26 Å². The molecule has 0 bridgehead atoms. The third-order valence-corrected chi connectivity index (χ3v) is 6.71. The van der Waals surface area contributed by atoms with Crippen molar-refractivity contribution in [3.8, 4) is 22.9 Å². The summed E-state index contributed by atoms with van der Waals surface area (Å²) in [6.07, 6.45) is 5.88. The van der Waals surface area contributed by atoms with Gasteiger partial charge in [-0.2, -0.15) is 5.26 Å². The minimum atomic E-state index is -0.712. The molecule has 4 nitrogen and oxygen atoms in total. The Hall–Kier alpha value is -3.46. The largest absolute Gasteiger partial charge is 0.487 e. The van der Waals surface area contributed by atoms with E-state index in [2.05, 4.69) is 30.9 Å². The Morgan fingerprint density at radius 2 is 1.74 bits per heavy atom. The van der Waals surface area contributed by atoms with Crippen LogP contribution in [-0.2, 0) is 19.3 Å². The molecular formula is C29H31F2N3O. The fourth-order valence-electron chi connectivity index (χ4n) is 4.62. The smallest absolute Gasteiger partial charge is 0.190 e. The maximum atomic E-state index is 14.8. The molecule has 0 atom stereocenters. The quantitative estimate of drug-likeness (QED) is 0.372. The van der Waals surface area contributed by atoms with Crippen LogP contribution < -0.4 is 9.64 Å². The van der Waals surface area contributed by atoms with Gasteiger partial charge in [0.15, 0.2) is 17.4 Å². The third-order valence-electron chi connectivity index (χ3n) is 6.71. The summed E-state index contributed by atoms with van der Waals surface area (Å²) in [7, 11) is 0. The molecule has 1 aliphatic heterocycles. The second-order valence-electron chi connectivity index (χ2n) is 9.08. The van der Waals surface area contributed by atoms with Gasteiger partial charge in [0.05, 0.1) is 19.1 Å². The first-order valence-electron chi connectivity index (χ1n) is 12.3. The normalized spacial score (nSPS) is 14.1. The zero-order valence-corrected chi connectivity index (χ0v) is 20.4. The van der Waals surface area contributed by atoms with E-state index in [0.717, 1.165) is 50.2 Å². The molecule has 2 heterocycles. The molecule has 35 heavy (non-hydrogen) atoms. The van der Waals surface area contributed by atoms with Crippen LogP contribution in [-0.4, -0.2) is 24.7 Å². The average molecular weight is 476 g/mol. The molecule has 1 aromatic heterocycles. The number of hydrogen-bond acceptors (Lipinski definition) is 4. The Kier molecular flexibility index (Phi) is 7.97. The summed E-state index contributed by atoms with van der Waals surface area (Å²) in [5.74, 6) is -0.468. The first-order valence-corrected chi connectivity index (χ1v) is 12.3. The molecule has 0 N–H and O–H groups in total. The third kappa shape index (κ3) is 5.79. The van der Waals surface area contributed by atoms with Gasteiger partial charge < -0.3 is 9.64 Å². The van der Waals surface area contributed by atoms with Gasteiger partial charge in [0.2, 0.25) is 0 Å². The maximum absolute atomic E-state index is 14.8. The number of benzene rings is 2. The summed E-state index contributed by atoms with van der Waals surface area (Å²) in [4.78, 5) is 7.02. The molecule has 3 aromatic rings. The van der Waals surface area contributed by atoms with Crippen LogP contribution in [0.3, 0.4) is 0 Å². The highest BCUT2D eigenvalue weighted by molar-refractivity contribution is 5.65. The first-order chi connectivity index (χ1) is 17.0. The number of aryl methyl sites for hydroxylation is 2. The summed E-state index contributed by atoms with van der Waals surface area (Å²) in [5, 5.41) is 8.90. The summed E-state index contributed by atoms with van der Waals surface area (Å²) >= 11 is 0. The fourth-order valence-corrected chi connectivity index (χ4v) is 4.62. The number of pyridine rings is 1. The first kappa shape index (κ1) is 24.7. The zero-order chi connectivity index (χ0) is 24.8. The number of hydrogen-bond donors (Lipinski definition) is 0. The lowest BCUT2D eigenvalue weighted by Gasteiger charge is -2.34. The van der Waals surface area contributed by atoms with E-state index in [1.807, 2.05) is 12.3 Å². The van der Waals surface area contributed by atoms with E-state index >= 15 is 0 Å². The fraction of sp³-hybridized carbons (Fsp3) is 0.379. The molecule has 1 saturated heterocycles. The van der Waals surface area contributed by atoms with Crippen LogP contribution in [0.2, 0.25) is 0 Å². The van der Waals surface area contributed by atoms with Gasteiger partial charge >= 0.3 is 0 Å². The van der Waals surface area contributed by atoms with Crippen molar-refractivity contribution in [3.05, 3.63) is 77.0 Å². The Morgan fingerprint density at radius 1 is 1.00 bits per heavy atom. The molecule has 1 aliphatic rings. The summed E-state index contributed by atoms with van der Waals surface area (Å²) < 4.78 is 35.2. The molecule has 2 aromatic carbocycles. The van der Waals surface area contributed by atoms with E-state index in [1.54, 1.807) is 18.2 Å². The van der Waals surface area contributed by atoms with Gasteiger partial charge in [-0.1, -0.05) is 44.2 Å². The second-order valence-corrected chi connectivity index (χ2v) is 9.08. The Bertz CT molecular complexity index is 1190. The number of anilines is 1. The van der Waals surface area contributed by atoms with Gasteiger partial charge in [0.1, 0.15) is 5.82 Å². The van der Waals surface area contributed by atoms with Crippen molar-refractivity contribution in [3.63, 3.8) is 0 Å². The molecule has 182 valence electrons. The van der Waals surface area contributed by atoms with Crippen molar-refractivity contribution in [2.45, 2.75) is 46.0 Å². The van der Waals surface area contributed by atoms with Gasteiger partial charge in [-0.15, -0.1) is 0 Å². The van der Waals surface area contributed by atoms with Gasteiger partial charge in [-0.05, 0) is 71.6 Å². The lowest BCUT2D eigenvalue weighted by Crippen LogP contribution is -2.36. The molecule has 4 rings (SSSR count). The van der Waals surface area contributed by atoms with Gasteiger partial charge in [-0.25, -0.2) is 13.8 Å². The van der Waals surface area contributed by atoms with Crippen molar-refractivity contribution in [2.75, 3.05) is 24.6 Å². The van der Waals surface area contributed by atoms with Crippen molar-refractivity contribution < 1.29 is 13.5 Å². The van der Waals surface area contributed by atoms with E-state index in [9.17, 15) is 8.78 Å². The van der Waals surface area contributed by atoms with Crippen LogP contribution in [0.25, 0.3) is 11.1 Å². The zero-order valence-electron chi connectivity index (χ0n) is 20.4. The molecule has 0 radical (unpaired) electrons. The molecule has 1 fully saturated rings. The summed E-state index contributed by atoms with van der Waals surface area (Å²) in [6, 6.07) is 14.1. The minimum Gasteiger partial charge on any atom is -0.487 e. The number of halogens is 2. The highest BCUT2D eigenvalue weighted by Gasteiger charge is 2.23. The van der Waals surface area contributed by atoms with E-state index in [1.165, 1.54) is 23.3 Å².